The number of hydrogen-bond acceptors (Lipinski definition) is 3. The van der Waals surface area contributed by atoms with Gasteiger partial charge in [-0.25, -0.2) is 4.79 Å². The largest absolute Gasteiger partial charge is 0.478 e. The van der Waals surface area contributed by atoms with Gasteiger partial charge >= 0.3 is 5.97 Å². The third-order valence-corrected chi connectivity index (χ3v) is 4.01. The SMILES string of the molecule is O=C(O)c1cc(Br)cc(C(=O)NC[C@@H]2CCC[C@@H]2O)c1. The van der Waals surface area contributed by atoms with E-state index in [1.54, 1.807) is 6.07 Å². The van der Waals surface area contributed by atoms with Crippen LogP contribution in [0.3, 0.4) is 0 Å². The van der Waals surface area contributed by atoms with E-state index in [9.17, 15) is 14.7 Å². The van der Waals surface area contributed by atoms with Crippen molar-refractivity contribution in [2.24, 2.45) is 5.92 Å². The zero-order chi connectivity index (χ0) is 14.7. The van der Waals surface area contributed by atoms with E-state index in [0.717, 1.165) is 19.3 Å². The van der Waals surface area contributed by atoms with E-state index in [2.05, 4.69) is 21.2 Å². The van der Waals surface area contributed by atoms with Crippen LogP contribution in [0.1, 0.15) is 40.0 Å². The predicted molar refractivity (Wildman–Crippen MR) is 76.8 cm³/mol. The molecule has 0 saturated heterocycles. The standard InChI is InChI=1S/C14H16BrNO4/c15-11-5-9(4-10(6-11)14(19)20)13(18)16-7-8-2-1-3-12(8)17/h4-6,8,12,17H,1-3,7H2,(H,16,18)(H,19,20)/t8-,12-/m0/s1. The zero-order valence-corrected chi connectivity index (χ0v) is 12.4. The Bertz CT molecular complexity index is 532. The molecule has 0 aromatic heterocycles. The molecule has 20 heavy (non-hydrogen) atoms. The van der Waals surface area contributed by atoms with Gasteiger partial charge in [0.2, 0.25) is 0 Å². The minimum Gasteiger partial charge on any atom is -0.478 e. The topological polar surface area (TPSA) is 86.6 Å². The molecule has 0 heterocycles. The number of carboxylic acid groups (broad SMARTS) is 1. The van der Waals surface area contributed by atoms with Gasteiger partial charge < -0.3 is 15.5 Å². The first-order valence-electron chi connectivity index (χ1n) is 6.47. The number of carboxylic acids is 1. The van der Waals surface area contributed by atoms with Gasteiger partial charge in [-0.2, -0.15) is 0 Å². The summed E-state index contributed by atoms with van der Waals surface area (Å²) in [5, 5.41) is 21.4. The predicted octanol–water partition coefficient (Wildman–Crippen LogP) is 2.04. The van der Waals surface area contributed by atoms with Gasteiger partial charge in [0.25, 0.3) is 5.91 Å². The third-order valence-electron chi connectivity index (χ3n) is 3.55. The smallest absolute Gasteiger partial charge is 0.335 e. The fraction of sp³-hybridized carbons (Fsp3) is 0.429. The van der Waals surface area contributed by atoms with Gasteiger partial charge in [0, 0.05) is 22.5 Å². The lowest BCUT2D eigenvalue weighted by atomic mass is 10.1. The van der Waals surface area contributed by atoms with E-state index in [0.29, 0.717) is 16.6 Å². The Morgan fingerprint density at radius 2 is 1.95 bits per heavy atom. The van der Waals surface area contributed by atoms with Gasteiger partial charge in [-0.15, -0.1) is 0 Å². The molecule has 1 fully saturated rings. The molecule has 0 spiro atoms. The second kappa shape index (κ2) is 6.37. The molecule has 1 saturated carbocycles. The van der Waals surface area contributed by atoms with Crippen molar-refractivity contribution in [1.29, 1.82) is 0 Å². The van der Waals surface area contributed by atoms with Crippen molar-refractivity contribution in [3.8, 4) is 0 Å². The number of carbonyl (C=O) groups is 2. The van der Waals surface area contributed by atoms with Crippen LogP contribution >= 0.6 is 15.9 Å². The second-order valence-corrected chi connectivity index (χ2v) is 5.92. The molecule has 108 valence electrons. The molecule has 1 aliphatic carbocycles. The number of aliphatic hydroxyl groups is 1. The van der Waals surface area contributed by atoms with Crippen LogP contribution in [0.25, 0.3) is 0 Å². The quantitative estimate of drug-likeness (QED) is 0.782. The van der Waals surface area contributed by atoms with Crippen LogP contribution in [-0.4, -0.2) is 34.7 Å². The highest BCUT2D eigenvalue weighted by atomic mass is 79.9. The Hall–Kier alpha value is -1.40. The number of halogens is 1. The summed E-state index contributed by atoms with van der Waals surface area (Å²) in [5.41, 5.74) is 0.356. The van der Waals surface area contributed by atoms with Gasteiger partial charge in [0.15, 0.2) is 0 Å². The Morgan fingerprint density at radius 1 is 1.25 bits per heavy atom. The van der Waals surface area contributed by atoms with Crippen LogP contribution in [0.15, 0.2) is 22.7 Å². The molecule has 0 aliphatic heterocycles. The summed E-state index contributed by atoms with van der Waals surface area (Å²) in [6, 6.07) is 4.36. The minimum absolute atomic E-state index is 0.0606. The number of rotatable bonds is 4. The van der Waals surface area contributed by atoms with Crippen LogP contribution in [0.5, 0.6) is 0 Å². The summed E-state index contributed by atoms with van der Waals surface area (Å²) in [4.78, 5) is 23.0. The van der Waals surface area contributed by atoms with E-state index >= 15 is 0 Å². The fourth-order valence-corrected chi connectivity index (χ4v) is 2.92. The van der Waals surface area contributed by atoms with E-state index in [-0.39, 0.29) is 23.5 Å². The number of aliphatic hydroxyl groups excluding tert-OH is 1. The van der Waals surface area contributed by atoms with Crippen LogP contribution < -0.4 is 5.32 Å². The molecule has 6 heteroatoms. The van der Waals surface area contributed by atoms with Crippen molar-refractivity contribution < 1.29 is 19.8 Å². The van der Waals surface area contributed by atoms with Crippen LogP contribution in [0, 0.1) is 5.92 Å². The summed E-state index contributed by atoms with van der Waals surface area (Å²) in [5.74, 6) is -1.32. The van der Waals surface area contributed by atoms with Crippen molar-refractivity contribution in [2.75, 3.05) is 6.54 Å². The Morgan fingerprint density at radius 3 is 2.55 bits per heavy atom. The fourth-order valence-electron chi connectivity index (χ4n) is 2.43. The lowest BCUT2D eigenvalue weighted by Crippen LogP contribution is -2.32. The maximum absolute atomic E-state index is 12.0. The molecular weight excluding hydrogens is 326 g/mol. The number of aromatic carboxylic acids is 1. The molecule has 0 unspecified atom stereocenters. The van der Waals surface area contributed by atoms with Crippen molar-refractivity contribution in [3.63, 3.8) is 0 Å². The first-order chi connectivity index (χ1) is 9.47. The average Bonchev–Trinajstić information content (AvgIpc) is 2.80. The molecule has 1 aromatic carbocycles. The number of carbonyl (C=O) groups excluding carboxylic acids is 1. The average molecular weight is 342 g/mol. The Labute approximate surface area is 125 Å². The van der Waals surface area contributed by atoms with Gasteiger partial charge in [-0.1, -0.05) is 22.4 Å². The maximum Gasteiger partial charge on any atom is 0.335 e. The van der Waals surface area contributed by atoms with Gasteiger partial charge in [-0.05, 0) is 31.0 Å². The third kappa shape index (κ3) is 3.58. The summed E-state index contributed by atoms with van der Waals surface area (Å²) >= 11 is 3.19. The van der Waals surface area contributed by atoms with Crippen LogP contribution in [0.2, 0.25) is 0 Å². The highest BCUT2D eigenvalue weighted by molar-refractivity contribution is 9.10. The Balaban J connectivity index is 2.03. The minimum atomic E-state index is -1.08. The number of hydrogen-bond donors (Lipinski definition) is 3. The van der Waals surface area contributed by atoms with Crippen molar-refractivity contribution in [1.82, 2.24) is 5.32 Å². The highest BCUT2D eigenvalue weighted by Crippen LogP contribution is 2.24. The van der Waals surface area contributed by atoms with Crippen molar-refractivity contribution in [3.05, 3.63) is 33.8 Å². The molecule has 2 atom stereocenters. The highest BCUT2D eigenvalue weighted by Gasteiger charge is 2.25. The number of amides is 1. The van der Waals surface area contributed by atoms with Crippen LogP contribution in [-0.2, 0) is 0 Å². The molecule has 1 aliphatic rings. The number of nitrogens with one attached hydrogen (secondary N) is 1. The molecule has 1 aromatic rings. The summed E-state index contributed by atoms with van der Waals surface area (Å²) in [7, 11) is 0. The van der Waals surface area contributed by atoms with E-state index < -0.39 is 5.97 Å². The molecule has 0 radical (unpaired) electrons. The van der Waals surface area contributed by atoms with Gasteiger partial charge in [0.1, 0.15) is 0 Å². The molecule has 0 bridgehead atoms. The van der Waals surface area contributed by atoms with Crippen molar-refractivity contribution in [2.45, 2.75) is 25.4 Å². The van der Waals surface area contributed by atoms with E-state index in [4.69, 9.17) is 5.11 Å². The van der Waals surface area contributed by atoms with E-state index in [1.807, 2.05) is 0 Å². The monoisotopic (exact) mass is 341 g/mol. The van der Waals surface area contributed by atoms with Crippen molar-refractivity contribution >= 4 is 27.8 Å². The molecule has 3 N–H and O–H groups in total. The summed E-state index contributed by atoms with van der Waals surface area (Å²) < 4.78 is 0.545. The molecule has 1 amide bonds. The summed E-state index contributed by atoms with van der Waals surface area (Å²) in [6.45, 7) is 0.412. The molecule has 2 rings (SSSR count). The van der Waals surface area contributed by atoms with Gasteiger partial charge in [-0.3, -0.25) is 4.79 Å². The van der Waals surface area contributed by atoms with Gasteiger partial charge in [0.05, 0.1) is 11.7 Å². The Kier molecular flexibility index (Phi) is 4.77. The summed E-state index contributed by atoms with van der Waals surface area (Å²) in [6.07, 6.45) is 2.30. The normalized spacial score (nSPS) is 21.7. The van der Waals surface area contributed by atoms with E-state index in [1.165, 1.54) is 12.1 Å². The molecular formula is C14H16BrNO4. The first-order valence-corrected chi connectivity index (χ1v) is 7.27. The second-order valence-electron chi connectivity index (χ2n) is 5.00. The lowest BCUT2D eigenvalue weighted by molar-refractivity contribution is 0.0696. The molecule has 5 nitrogen and oxygen atoms in total. The number of benzene rings is 1. The van der Waals surface area contributed by atoms with Crippen LogP contribution in [0.4, 0.5) is 0 Å². The lowest BCUT2D eigenvalue weighted by Gasteiger charge is -2.15. The first kappa shape index (κ1) is 15.0. The zero-order valence-electron chi connectivity index (χ0n) is 10.8. The maximum atomic E-state index is 12.0.